The fourth-order valence-electron chi connectivity index (χ4n) is 0.743. The van der Waals surface area contributed by atoms with Crippen LogP contribution in [0.2, 0.25) is 0 Å². The molecule has 4 N–H and O–H groups in total. The Morgan fingerprint density at radius 3 is 2.11 bits per heavy atom. The van der Waals surface area contributed by atoms with Gasteiger partial charge in [-0.3, -0.25) is 0 Å². The summed E-state index contributed by atoms with van der Waals surface area (Å²) < 4.78 is 45.0. The van der Waals surface area contributed by atoms with E-state index >= 15 is 0 Å². The average molecular weight is 285 g/mol. The zero-order chi connectivity index (χ0) is 13.1. The van der Waals surface area contributed by atoms with E-state index < -0.39 is 21.8 Å². The molecule has 0 aliphatic carbocycles. The molecule has 0 saturated carbocycles. The van der Waals surface area contributed by atoms with Gasteiger partial charge in [-0.1, -0.05) is 6.58 Å². The van der Waals surface area contributed by atoms with Gasteiger partial charge in [0.05, 0.1) is 42.3 Å². The van der Waals surface area contributed by atoms with Gasteiger partial charge in [-0.2, -0.15) is 0 Å². The van der Waals surface area contributed by atoms with E-state index in [9.17, 15) is 17.8 Å². The first-order chi connectivity index (χ1) is 7.95. The Morgan fingerprint density at radius 2 is 1.61 bits per heavy atom. The normalized spacial score (nSPS) is 10.5. The molecule has 0 atom stereocenters. The predicted molar refractivity (Wildman–Crippen MR) is 63.3 cm³/mol. The molecule has 0 unspecified atom stereocenters. The van der Waals surface area contributed by atoms with Crippen molar-refractivity contribution in [2.75, 3.05) is 38.8 Å². The molecule has 108 valence electrons. The molecule has 18 heavy (non-hydrogen) atoms. The lowest BCUT2D eigenvalue weighted by Gasteiger charge is -2.08. The van der Waals surface area contributed by atoms with Crippen molar-refractivity contribution in [1.29, 1.82) is 0 Å². The van der Waals surface area contributed by atoms with Gasteiger partial charge >= 0.3 is 5.97 Å². The summed E-state index contributed by atoms with van der Waals surface area (Å²) in [5, 5.41) is 0. The second-order valence-corrected chi connectivity index (χ2v) is 4.38. The van der Waals surface area contributed by atoms with Crippen molar-refractivity contribution in [3.05, 3.63) is 12.7 Å². The number of quaternary nitrogens is 1. The fourth-order valence-corrected chi connectivity index (χ4v) is 1.07. The summed E-state index contributed by atoms with van der Waals surface area (Å²) in [6.07, 6.45) is 1.05. The summed E-state index contributed by atoms with van der Waals surface area (Å²) in [6, 6.07) is 0. The highest BCUT2D eigenvalue weighted by molar-refractivity contribution is 7.85. The molecule has 0 fully saturated rings. The quantitative estimate of drug-likeness (QED) is 0.251. The number of hydrogen-bond donors (Lipinski definition) is 1. The third kappa shape index (κ3) is 15.0. The number of esters is 1. The molecular weight excluding hydrogens is 266 g/mol. The topological polar surface area (TPSA) is 138 Å². The Kier molecular flexibility index (Phi) is 11.9. The van der Waals surface area contributed by atoms with E-state index in [-0.39, 0.29) is 39.2 Å². The summed E-state index contributed by atoms with van der Waals surface area (Å²) in [5.41, 5.74) is 0. The van der Waals surface area contributed by atoms with E-state index in [0.717, 1.165) is 6.08 Å². The van der Waals surface area contributed by atoms with E-state index in [4.69, 9.17) is 9.47 Å². The summed E-state index contributed by atoms with van der Waals surface area (Å²) in [5.74, 6) is -1.07. The van der Waals surface area contributed by atoms with Crippen LogP contribution in [0, 0.1) is 0 Å². The SMILES string of the molecule is C=CC(=O)OCCOCCOCCS(=O)(=O)[O-].[NH4+]. The molecule has 0 spiro atoms. The largest absolute Gasteiger partial charge is 0.748 e. The third-order valence-corrected chi connectivity index (χ3v) is 2.16. The van der Waals surface area contributed by atoms with Crippen LogP contribution in [0.5, 0.6) is 0 Å². The van der Waals surface area contributed by atoms with Crippen molar-refractivity contribution in [2.24, 2.45) is 0 Å². The van der Waals surface area contributed by atoms with Gasteiger partial charge in [0.15, 0.2) is 0 Å². The first-order valence-corrected chi connectivity index (χ1v) is 6.41. The van der Waals surface area contributed by atoms with Crippen LogP contribution >= 0.6 is 0 Å². The average Bonchev–Trinajstić information content (AvgIpc) is 2.25. The van der Waals surface area contributed by atoms with Crippen molar-refractivity contribution < 1.29 is 32.0 Å². The van der Waals surface area contributed by atoms with Gasteiger partial charge in [0.1, 0.15) is 6.61 Å². The highest BCUT2D eigenvalue weighted by atomic mass is 32.2. The maximum Gasteiger partial charge on any atom is 0.330 e. The van der Waals surface area contributed by atoms with Crippen molar-refractivity contribution in [2.45, 2.75) is 0 Å². The van der Waals surface area contributed by atoms with Crippen LogP contribution in [0.25, 0.3) is 0 Å². The molecule has 0 aromatic rings. The number of carbonyl (C=O) groups is 1. The minimum absolute atomic E-state index is 0. The Labute approximate surface area is 106 Å². The van der Waals surface area contributed by atoms with Gasteiger partial charge in [-0.15, -0.1) is 0 Å². The monoisotopic (exact) mass is 285 g/mol. The Bertz CT molecular complexity index is 328. The Hall–Kier alpha value is -1.00. The van der Waals surface area contributed by atoms with Crippen LogP contribution in [0.3, 0.4) is 0 Å². The van der Waals surface area contributed by atoms with Gasteiger partial charge in [0, 0.05) is 6.08 Å². The van der Waals surface area contributed by atoms with Gasteiger partial charge < -0.3 is 24.9 Å². The van der Waals surface area contributed by atoms with E-state index in [1.165, 1.54) is 0 Å². The molecular formula is C9H19NO7S. The number of rotatable bonds is 10. The summed E-state index contributed by atoms with van der Waals surface area (Å²) in [4.78, 5) is 10.6. The summed E-state index contributed by atoms with van der Waals surface area (Å²) in [7, 11) is -4.22. The lowest BCUT2D eigenvalue weighted by molar-refractivity contribution is -0.139. The molecule has 0 saturated heterocycles. The van der Waals surface area contributed by atoms with Crippen molar-refractivity contribution in [1.82, 2.24) is 6.15 Å². The minimum Gasteiger partial charge on any atom is -0.748 e. The molecule has 0 aromatic heterocycles. The van der Waals surface area contributed by atoms with E-state index in [0.29, 0.717) is 0 Å². The van der Waals surface area contributed by atoms with Crippen LogP contribution in [0.1, 0.15) is 0 Å². The highest BCUT2D eigenvalue weighted by Crippen LogP contribution is 1.85. The maximum atomic E-state index is 10.6. The number of ether oxygens (including phenoxy) is 3. The number of carbonyl (C=O) groups excluding carboxylic acids is 1. The summed E-state index contributed by atoms with van der Waals surface area (Å²) in [6.45, 7) is 3.79. The maximum absolute atomic E-state index is 10.6. The molecule has 0 amide bonds. The zero-order valence-electron chi connectivity index (χ0n) is 10.3. The van der Waals surface area contributed by atoms with Crippen molar-refractivity contribution in [3.63, 3.8) is 0 Å². The molecule has 0 aliphatic heterocycles. The fraction of sp³-hybridized carbons (Fsp3) is 0.667. The van der Waals surface area contributed by atoms with E-state index in [1.54, 1.807) is 0 Å². The molecule has 8 nitrogen and oxygen atoms in total. The van der Waals surface area contributed by atoms with Crippen molar-refractivity contribution >= 4 is 16.1 Å². The van der Waals surface area contributed by atoms with Gasteiger partial charge in [0.25, 0.3) is 0 Å². The third-order valence-electron chi connectivity index (χ3n) is 1.49. The smallest absolute Gasteiger partial charge is 0.330 e. The molecule has 0 heterocycles. The van der Waals surface area contributed by atoms with Gasteiger partial charge in [-0.05, 0) is 0 Å². The first-order valence-electron chi connectivity index (χ1n) is 4.84. The summed E-state index contributed by atoms with van der Waals surface area (Å²) >= 11 is 0. The van der Waals surface area contributed by atoms with Crippen LogP contribution < -0.4 is 6.15 Å². The lowest BCUT2D eigenvalue weighted by Crippen LogP contribution is -2.15. The van der Waals surface area contributed by atoms with E-state index in [2.05, 4.69) is 11.3 Å². The molecule has 0 bridgehead atoms. The number of hydrogen-bond acceptors (Lipinski definition) is 7. The Balaban J connectivity index is 0. The standard InChI is InChI=1S/C9H16O7S.H3N/c1-2-9(10)16-6-5-14-3-4-15-7-8-17(11,12)13;/h2H,1,3-8H2,(H,11,12,13);1H3. The first kappa shape index (κ1) is 19.3. The van der Waals surface area contributed by atoms with Gasteiger partial charge in [-0.25, -0.2) is 13.2 Å². The molecule has 0 aliphatic rings. The minimum atomic E-state index is -4.22. The van der Waals surface area contributed by atoms with Crippen LogP contribution in [-0.2, 0) is 29.1 Å². The molecule has 0 aromatic carbocycles. The predicted octanol–water partition coefficient (Wildman–Crippen LogP) is -0.330. The van der Waals surface area contributed by atoms with E-state index in [1.807, 2.05) is 0 Å². The Morgan fingerprint density at radius 1 is 1.11 bits per heavy atom. The van der Waals surface area contributed by atoms with Crippen LogP contribution in [0.4, 0.5) is 0 Å². The second kappa shape index (κ2) is 11.1. The van der Waals surface area contributed by atoms with Crippen LogP contribution in [-0.4, -0.2) is 57.7 Å². The second-order valence-electron chi connectivity index (χ2n) is 2.86. The molecule has 9 heteroatoms. The van der Waals surface area contributed by atoms with Gasteiger partial charge in [0.2, 0.25) is 0 Å². The highest BCUT2D eigenvalue weighted by Gasteiger charge is 1.97. The van der Waals surface area contributed by atoms with Crippen LogP contribution in [0.15, 0.2) is 12.7 Å². The lowest BCUT2D eigenvalue weighted by atomic mass is 10.6. The molecule has 0 rings (SSSR count). The van der Waals surface area contributed by atoms with Crippen molar-refractivity contribution in [3.8, 4) is 0 Å². The zero-order valence-corrected chi connectivity index (χ0v) is 11.1. The molecule has 0 radical (unpaired) electrons.